The van der Waals surface area contributed by atoms with Crippen LogP contribution >= 0.6 is 15.9 Å². The molecule has 0 aliphatic rings. The fraction of sp³-hybridized carbons (Fsp3) is 0.538. The molecule has 2 atom stereocenters. The maximum Gasteiger partial charge on any atom is 0.0964 e. The van der Waals surface area contributed by atoms with Crippen molar-refractivity contribution < 1.29 is 9.47 Å². The van der Waals surface area contributed by atoms with E-state index in [1.165, 1.54) is 0 Å². The standard InChI is InChI=1S/C13H20BrNO2/c1-10(9-16-3)17-13(8-15-2)11-6-4-5-7-12(11)14/h4-7,10,13,15H,8-9H2,1-3H3. The van der Waals surface area contributed by atoms with Crippen LogP contribution in [0.25, 0.3) is 0 Å². The summed E-state index contributed by atoms with van der Waals surface area (Å²) in [6, 6.07) is 8.13. The van der Waals surface area contributed by atoms with Crippen LogP contribution in [0.4, 0.5) is 0 Å². The van der Waals surface area contributed by atoms with E-state index in [2.05, 4.69) is 27.3 Å². The van der Waals surface area contributed by atoms with Gasteiger partial charge in [-0.2, -0.15) is 0 Å². The molecule has 0 saturated carbocycles. The van der Waals surface area contributed by atoms with Crippen molar-refractivity contribution in [3.8, 4) is 0 Å². The van der Waals surface area contributed by atoms with E-state index >= 15 is 0 Å². The number of halogens is 1. The summed E-state index contributed by atoms with van der Waals surface area (Å²) < 4.78 is 12.1. The van der Waals surface area contributed by atoms with Crippen LogP contribution in [-0.4, -0.2) is 33.4 Å². The molecular formula is C13H20BrNO2. The third-order valence-electron chi connectivity index (χ3n) is 2.44. The first kappa shape index (κ1) is 14.6. The highest BCUT2D eigenvalue weighted by atomic mass is 79.9. The van der Waals surface area contributed by atoms with E-state index in [9.17, 15) is 0 Å². The number of ether oxygens (including phenoxy) is 2. The van der Waals surface area contributed by atoms with E-state index in [0.29, 0.717) is 6.61 Å². The minimum atomic E-state index is 0.0284. The number of rotatable bonds is 7. The average Bonchev–Trinajstić information content (AvgIpc) is 2.29. The Kier molecular flexibility index (Phi) is 6.73. The molecule has 96 valence electrons. The van der Waals surface area contributed by atoms with E-state index in [0.717, 1.165) is 16.6 Å². The minimum Gasteiger partial charge on any atom is -0.382 e. The molecule has 1 aromatic carbocycles. The van der Waals surface area contributed by atoms with Gasteiger partial charge in [0.15, 0.2) is 0 Å². The van der Waals surface area contributed by atoms with Crippen LogP contribution in [0, 0.1) is 0 Å². The number of benzene rings is 1. The molecule has 1 aromatic rings. The van der Waals surface area contributed by atoms with E-state index in [4.69, 9.17) is 9.47 Å². The van der Waals surface area contributed by atoms with Crippen molar-refractivity contribution in [3.63, 3.8) is 0 Å². The van der Waals surface area contributed by atoms with Gasteiger partial charge in [0.05, 0.1) is 18.8 Å². The summed E-state index contributed by atoms with van der Waals surface area (Å²) in [6.07, 6.45) is 0.103. The van der Waals surface area contributed by atoms with Crippen LogP contribution in [-0.2, 0) is 9.47 Å². The summed E-state index contributed by atoms with van der Waals surface area (Å²) in [7, 11) is 3.61. The Hall–Kier alpha value is -0.420. The fourth-order valence-electron chi connectivity index (χ4n) is 1.71. The van der Waals surface area contributed by atoms with Gasteiger partial charge in [0.25, 0.3) is 0 Å². The number of hydrogen-bond acceptors (Lipinski definition) is 3. The molecule has 1 N–H and O–H groups in total. The van der Waals surface area contributed by atoms with Gasteiger partial charge in [-0.15, -0.1) is 0 Å². The number of methoxy groups -OCH3 is 1. The van der Waals surface area contributed by atoms with Gasteiger partial charge < -0.3 is 14.8 Å². The molecule has 0 aliphatic carbocycles. The quantitative estimate of drug-likeness (QED) is 0.840. The average molecular weight is 302 g/mol. The van der Waals surface area contributed by atoms with E-state index in [-0.39, 0.29) is 12.2 Å². The van der Waals surface area contributed by atoms with Gasteiger partial charge in [-0.25, -0.2) is 0 Å². The first-order chi connectivity index (χ1) is 8.19. The van der Waals surface area contributed by atoms with Gasteiger partial charge in [0.2, 0.25) is 0 Å². The normalized spacial score (nSPS) is 14.6. The van der Waals surface area contributed by atoms with Gasteiger partial charge in [-0.3, -0.25) is 0 Å². The Labute approximate surface area is 112 Å². The van der Waals surface area contributed by atoms with Crippen LogP contribution in [0.1, 0.15) is 18.6 Å². The van der Waals surface area contributed by atoms with Gasteiger partial charge in [0, 0.05) is 18.1 Å². The number of hydrogen-bond donors (Lipinski definition) is 1. The second-order valence-electron chi connectivity index (χ2n) is 3.97. The minimum absolute atomic E-state index is 0.0284. The molecule has 4 heteroatoms. The molecule has 1 rings (SSSR count). The molecule has 17 heavy (non-hydrogen) atoms. The maximum atomic E-state index is 5.98. The van der Waals surface area contributed by atoms with Crippen LogP contribution in [0.15, 0.2) is 28.7 Å². The predicted octanol–water partition coefficient (Wildman–Crippen LogP) is 2.76. The highest BCUT2D eigenvalue weighted by molar-refractivity contribution is 9.10. The molecule has 0 fully saturated rings. The summed E-state index contributed by atoms with van der Waals surface area (Å²) in [5.41, 5.74) is 1.16. The molecule has 0 saturated heterocycles. The van der Waals surface area contributed by atoms with Crippen molar-refractivity contribution in [2.24, 2.45) is 0 Å². The van der Waals surface area contributed by atoms with Crippen molar-refractivity contribution in [3.05, 3.63) is 34.3 Å². The Morgan fingerprint density at radius 1 is 1.35 bits per heavy atom. The first-order valence-electron chi connectivity index (χ1n) is 5.72. The molecule has 0 aliphatic heterocycles. The zero-order valence-electron chi connectivity index (χ0n) is 10.6. The molecule has 0 amide bonds. The zero-order valence-corrected chi connectivity index (χ0v) is 12.2. The zero-order chi connectivity index (χ0) is 12.7. The van der Waals surface area contributed by atoms with Gasteiger partial charge >= 0.3 is 0 Å². The highest BCUT2D eigenvalue weighted by Gasteiger charge is 2.17. The van der Waals surface area contributed by atoms with Gasteiger partial charge in [0.1, 0.15) is 0 Å². The van der Waals surface area contributed by atoms with Crippen LogP contribution in [0.2, 0.25) is 0 Å². The third kappa shape index (κ3) is 4.76. The lowest BCUT2D eigenvalue weighted by Gasteiger charge is -2.23. The lowest BCUT2D eigenvalue weighted by Crippen LogP contribution is -2.25. The van der Waals surface area contributed by atoms with Crippen LogP contribution in [0.5, 0.6) is 0 Å². The Bertz CT molecular complexity index is 333. The van der Waals surface area contributed by atoms with Gasteiger partial charge in [-0.05, 0) is 25.6 Å². The largest absolute Gasteiger partial charge is 0.382 e. The fourth-order valence-corrected chi connectivity index (χ4v) is 2.25. The summed E-state index contributed by atoms with van der Waals surface area (Å²) in [5, 5.41) is 3.15. The lowest BCUT2D eigenvalue weighted by atomic mass is 10.1. The van der Waals surface area contributed by atoms with E-state index < -0.39 is 0 Å². The van der Waals surface area contributed by atoms with Crippen molar-refractivity contribution in [1.82, 2.24) is 5.32 Å². The van der Waals surface area contributed by atoms with E-state index in [1.807, 2.05) is 32.2 Å². The maximum absolute atomic E-state index is 5.98. The second kappa shape index (κ2) is 7.82. The molecular weight excluding hydrogens is 282 g/mol. The van der Waals surface area contributed by atoms with Crippen molar-refractivity contribution in [1.29, 1.82) is 0 Å². The summed E-state index contributed by atoms with van der Waals surface area (Å²) in [4.78, 5) is 0. The molecule has 0 bridgehead atoms. The summed E-state index contributed by atoms with van der Waals surface area (Å²) in [6.45, 7) is 3.39. The molecule has 0 aromatic heterocycles. The SMILES string of the molecule is CNCC(OC(C)COC)c1ccccc1Br. The number of likely N-dealkylation sites (N-methyl/N-ethyl adjacent to an activating group) is 1. The monoisotopic (exact) mass is 301 g/mol. The molecule has 0 spiro atoms. The van der Waals surface area contributed by atoms with Crippen LogP contribution in [0.3, 0.4) is 0 Å². The number of nitrogens with one attached hydrogen (secondary N) is 1. The Morgan fingerprint density at radius 3 is 2.65 bits per heavy atom. The van der Waals surface area contributed by atoms with Crippen molar-refractivity contribution in [2.45, 2.75) is 19.1 Å². The highest BCUT2D eigenvalue weighted by Crippen LogP contribution is 2.26. The first-order valence-corrected chi connectivity index (χ1v) is 6.51. The topological polar surface area (TPSA) is 30.5 Å². The molecule has 0 heterocycles. The van der Waals surface area contributed by atoms with Crippen molar-refractivity contribution in [2.75, 3.05) is 27.3 Å². The predicted molar refractivity (Wildman–Crippen MR) is 73.2 cm³/mol. The van der Waals surface area contributed by atoms with Crippen molar-refractivity contribution >= 4 is 15.9 Å². The van der Waals surface area contributed by atoms with Crippen LogP contribution < -0.4 is 5.32 Å². The Balaban J connectivity index is 2.75. The molecule has 0 radical (unpaired) electrons. The summed E-state index contributed by atoms with van der Waals surface area (Å²) >= 11 is 3.56. The van der Waals surface area contributed by atoms with E-state index in [1.54, 1.807) is 7.11 Å². The second-order valence-corrected chi connectivity index (χ2v) is 4.82. The lowest BCUT2D eigenvalue weighted by molar-refractivity contribution is -0.0390. The molecule has 2 unspecified atom stereocenters. The Morgan fingerprint density at radius 2 is 2.06 bits per heavy atom. The summed E-state index contributed by atoms with van der Waals surface area (Å²) in [5.74, 6) is 0. The third-order valence-corrected chi connectivity index (χ3v) is 3.16. The molecule has 3 nitrogen and oxygen atoms in total. The van der Waals surface area contributed by atoms with Gasteiger partial charge in [-0.1, -0.05) is 34.1 Å². The smallest absolute Gasteiger partial charge is 0.0964 e.